The second-order valence-corrected chi connectivity index (χ2v) is 6.16. The molecule has 1 aromatic heterocycles. The molecule has 2 rings (SSSR count). The quantitative estimate of drug-likeness (QED) is 0.625. The van der Waals surface area contributed by atoms with Gasteiger partial charge in [0.25, 0.3) is 5.56 Å². The van der Waals surface area contributed by atoms with Gasteiger partial charge in [-0.15, -0.1) is 0 Å². The maximum absolute atomic E-state index is 11.3. The van der Waals surface area contributed by atoms with Gasteiger partial charge < -0.3 is 5.21 Å². The first kappa shape index (κ1) is 13.9. The van der Waals surface area contributed by atoms with Crippen molar-refractivity contribution in [3.05, 3.63) is 64.1 Å². The summed E-state index contributed by atoms with van der Waals surface area (Å²) in [6, 6.07) is 8.85. The maximum Gasteiger partial charge on any atom is 0.282 e. The Morgan fingerprint density at radius 1 is 1.00 bits per heavy atom. The highest BCUT2D eigenvalue weighted by atomic mass is 32.2. The normalized spacial score (nSPS) is 10.7. The van der Waals surface area contributed by atoms with Gasteiger partial charge in [0.15, 0.2) is 9.84 Å². The van der Waals surface area contributed by atoms with Crippen LogP contribution in [0, 0.1) is 11.8 Å². The molecule has 0 spiro atoms. The van der Waals surface area contributed by atoms with Gasteiger partial charge in [-0.05, 0) is 30.3 Å². The first-order chi connectivity index (χ1) is 9.36. The zero-order chi connectivity index (χ0) is 14.8. The van der Waals surface area contributed by atoms with E-state index in [1.54, 1.807) is 12.1 Å². The third-order valence-electron chi connectivity index (χ3n) is 2.53. The molecule has 0 bridgehead atoms. The molecule has 0 saturated carbocycles. The van der Waals surface area contributed by atoms with E-state index in [-0.39, 0.29) is 4.90 Å². The first-order valence-electron chi connectivity index (χ1n) is 5.60. The van der Waals surface area contributed by atoms with E-state index < -0.39 is 15.4 Å². The van der Waals surface area contributed by atoms with Crippen molar-refractivity contribution >= 4 is 9.84 Å². The number of hydrogen-bond acceptors (Lipinski definition) is 4. The van der Waals surface area contributed by atoms with Crippen molar-refractivity contribution in [2.75, 3.05) is 6.26 Å². The van der Waals surface area contributed by atoms with Gasteiger partial charge in [-0.1, -0.05) is 11.8 Å². The highest BCUT2D eigenvalue weighted by Gasteiger charge is 2.05. The van der Waals surface area contributed by atoms with Gasteiger partial charge in [-0.2, -0.15) is 4.73 Å². The number of pyridine rings is 1. The van der Waals surface area contributed by atoms with E-state index in [1.165, 1.54) is 30.5 Å². The lowest BCUT2D eigenvalue weighted by Crippen LogP contribution is -2.15. The Morgan fingerprint density at radius 3 is 2.10 bits per heavy atom. The smallest absolute Gasteiger partial charge is 0.282 e. The summed E-state index contributed by atoms with van der Waals surface area (Å²) in [6.07, 6.45) is 2.35. The van der Waals surface area contributed by atoms with Gasteiger partial charge in [0, 0.05) is 23.4 Å². The number of benzene rings is 1. The molecule has 0 aliphatic heterocycles. The predicted molar refractivity (Wildman–Crippen MR) is 73.4 cm³/mol. The molecular weight excluding hydrogens is 278 g/mol. The molecule has 0 aliphatic carbocycles. The lowest BCUT2D eigenvalue weighted by atomic mass is 10.2. The number of sulfone groups is 1. The van der Waals surface area contributed by atoms with Crippen LogP contribution < -0.4 is 5.56 Å². The van der Waals surface area contributed by atoms with E-state index in [1.807, 2.05) is 0 Å². The van der Waals surface area contributed by atoms with Crippen molar-refractivity contribution in [3.63, 3.8) is 0 Å². The number of hydrogen-bond donors (Lipinski definition) is 1. The average Bonchev–Trinajstić information content (AvgIpc) is 2.40. The fraction of sp³-hybridized carbons (Fsp3) is 0.0714. The largest absolute Gasteiger partial charge is 0.425 e. The Morgan fingerprint density at radius 2 is 1.55 bits per heavy atom. The van der Waals surface area contributed by atoms with Gasteiger partial charge in [0.1, 0.15) is 0 Å². The maximum atomic E-state index is 11.3. The molecule has 0 amide bonds. The van der Waals surface area contributed by atoms with Gasteiger partial charge >= 0.3 is 0 Å². The summed E-state index contributed by atoms with van der Waals surface area (Å²) in [5.41, 5.74) is 0.570. The second-order valence-electron chi connectivity index (χ2n) is 4.15. The third kappa shape index (κ3) is 3.28. The van der Waals surface area contributed by atoms with E-state index in [9.17, 15) is 18.4 Å². The van der Waals surface area contributed by atoms with E-state index >= 15 is 0 Å². The van der Waals surface area contributed by atoms with Crippen molar-refractivity contribution in [1.29, 1.82) is 0 Å². The number of aromatic nitrogens is 1. The number of nitrogens with zero attached hydrogens (tertiary/aromatic N) is 1. The van der Waals surface area contributed by atoms with Crippen LogP contribution in [0.4, 0.5) is 0 Å². The summed E-state index contributed by atoms with van der Waals surface area (Å²) in [7, 11) is -3.22. The topological polar surface area (TPSA) is 76.4 Å². The standard InChI is InChI=1S/C14H11NO4S/c1-20(18,19)13-7-4-11(5-8-13)2-3-12-6-9-14(16)15(17)10-12/h4-10,17H,1H3. The monoisotopic (exact) mass is 289 g/mol. The summed E-state index contributed by atoms with van der Waals surface area (Å²) in [5, 5.41) is 9.19. The third-order valence-corrected chi connectivity index (χ3v) is 3.65. The SMILES string of the molecule is CS(=O)(=O)c1ccc(C#Cc2ccc(=O)n(O)c2)cc1. The van der Waals surface area contributed by atoms with E-state index in [0.29, 0.717) is 15.9 Å². The summed E-state index contributed by atoms with van der Waals surface area (Å²) < 4.78 is 23.0. The van der Waals surface area contributed by atoms with Crippen molar-refractivity contribution in [2.45, 2.75) is 4.90 Å². The van der Waals surface area contributed by atoms with Crippen LogP contribution in [-0.4, -0.2) is 24.6 Å². The fourth-order valence-corrected chi connectivity index (χ4v) is 2.11. The molecule has 2 aromatic rings. The fourth-order valence-electron chi connectivity index (χ4n) is 1.48. The van der Waals surface area contributed by atoms with Gasteiger partial charge in [-0.25, -0.2) is 8.42 Å². The summed E-state index contributed by atoms with van der Waals surface area (Å²) >= 11 is 0. The molecule has 0 unspecified atom stereocenters. The van der Waals surface area contributed by atoms with Crippen LogP contribution in [0.5, 0.6) is 0 Å². The Balaban J connectivity index is 2.29. The van der Waals surface area contributed by atoms with E-state index in [2.05, 4.69) is 11.8 Å². The molecule has 1 N–H and O–H groups in total. The van der Waals surface area contributed by atoms with Gasteiger partial charge in [0.05, 0.1) is 11.1 Å². The summed E-state index contributed by atoms with van der Waals surface area (Å²) in [4.78, 5) is 11.2. The van der Waals surface area contributed by atoms with Crippen molar-refractivity contribution in [2.24, 2.45) is 0 Å². The van der Waals surface area contributed by atoms with Crippen LogP contribution in [-0.2, 0) is 9.84 Å². The molecule has 0 fully saturated rings. The molecule has 0 aliphatic rings. The molecule has 20 heavy (non-hydrogen) atoms. The van der Waals surface area contributed by atoms with Crippen molar-refractivity contribution < 1.29 is 13.6 Å². The Labute approximate surface area is 116 Å². The highest BCUT2D eigenvalue weighted by Crippen LogP contribution is 2.09. The van der Waals surface area contributed by atoms with Crippen LogP contribution in [0.3, 0.4) is 0 Å². The molecule has 6 heteroatoms. The Kier molecular flexibility index (Phi) is 3.63. The lowest BCUT2D eigenvalue weighted by Gasteiger charge is -1.97. The first-order valence-corrected chi connectivity index (χ1v) is 7.49. The van der Waals surface area contributed by atoms with E-state index in [4.69, 9.17) is 0 Å². The lowest BCUT2D eigenvalue weighted by molar-refractivity contribution is 0.174. The predicted octanol–water partition coefficient (Wildman–Crippen LogP) is 0.889. The van der Waals surface area contributed by atoms with Gasteiger partial charge in [0.2, 0.25) is 0 Å². The minimum Gasteiger partial charge on any atom is -0.425 e. The molecule has 102 valence electrons. The highest BCUT2D eigenvalue weighted by molar-refractivity contribution is 7.90. The Hall–Kier alpha value is -2.52. The zero-order valence-electron chi connectivity index (χ0n) is 10.6. The van der Waals surface area contributed by atoms with Crippen molar-refractivity contribution in [3.8, 4) is 11.8 Å². The summed E-state index contributed by atoms with van der Waals surface area (Å²) in [6.45, 7) is 0. The zero-order valence-corrected chi connectivity index (χ0v) is 11.4. The molecular formula is C14H11NO4S. The minimum atomic E-state index is -3.22. The average molecular weight is 289 g/mol. The molecule has 1 heterocycles. The Bertz CT molecular complexity index is 853. The van der Waals surface area contributed by atoms with Crippen molar-refractivity contribution in [1.82, 2.24) is 4.73 Å². The molecule has 5 nitrogen and oxygen atoms in total. The van der Waals surface area contributed by atoms with Crippen LogP contribution in [0.1, 0.15) is 11.1 Å². The molecule has 0 saturated heterocycles. The van der Waals surface area contributed by atoms with Crippen LogP contribution >= 0.6 is 0 Å². The van der Waals surface area contributed by atoms with Crippen LogP contribution in [0.15, 0.2) is 52.3 Å². The van der Waals surface area contributed by atoms with E-state index in [0.717, 1.165) is 6.26 Å². The second kappa shape index (κ2) is 5.23. The molecule has 1 aromatic carbocycles. The molecule has 0 radical (unpaired) electrons. The van der Waals surface area contributed by atoms with Crippen LogP contribution in [0.2, 0.25) is 0 Å². The summed E-state index contributed by atoms with van der Waals surface area (Å²) in [5.74, 6) is 5.58. The van der Waals surface area contributed by atoms with Crippen LogP contribution in [0.25, 0.3) is 0 Å². The van der Waals surface area contributed by atoms with Gasteiger partial charge in [-0.3, -0.25) is 4.79 Å². The minimum absolute atomic E-state index is 0.229. The molecule has 0 atom stereocenters. The number of rotatable bonds is 1.